The first-order valence-electron chi connectivity index (χ1n) is 2.67. The van der Waals surface area contributed by atoms with Gasteiger partial charge in [-0.25, -0.2) is 4.58 Å². The topological polar surface area (TPSA) is 3.01 Å². The van der Waals surface area contributed by atoms with Crippen molar-refractivity contribution in [2.75, 3.05) is 14.1 Å². The minimum absolute atomic E-state index is 1.29. The summed E-state index contributed by atoms with van der Waals surface area (Å²) in [4.78, 5) is 0. The molecule has 0 aliphatic heterocycles. The lowest BCUT2D eigenvalue weighted by atomic mass is 10.5. The standard InChI is InChI=1S/C6H9Cl3N/c1-10(2)5-3-4-6(7,8)9/h3-5H,1-2H3/q+1/b4-3+. The highest BCUT2D eigenvalue weighted by Gasteiger charge is 2.13. The minimum Gasteiger partial charge on any atom is -0.241 e. The quantitative estimate of drug-likeness (QED) is 0.348. The number of halogens is 3. The highest BCUT2D eigenvalue weighted by molar-refractivity contribution is 6.69. The maximum atomic E-state index is 5.42. The van der Waals surface area contributed by atoms with Crippen molar-refractivity contribution in [3.8, 4) is 0 Å². The van der Waals surface area contributed by atoms with Gasteiger partial charge in [-0.2, -0.15) is 0 Å². The predicted octanol–water partition coefficient (Wildman–Crippen LogP) is 2.26. The molecule has 0 aliphatic carbocycles. The highest BCUT2D eigenvalue weighted by Crippen LogP contribution is 2.26. The molecule has 0 aliphatic rings. The van der Waals surface area contributed by atoms with Crippen molar-refractivity contribution in [1.82, 2.24) is 0 Å². The van der Waals surface area contributed by atoms with Crippen molar-refractivity contribution < 1.29 is 4.58 Å². The fourth-order valence-electron chi connectivity index (χ4n) is 0.324. The third kappa shape index (κ3) is 8.28. The van der Waals surface area contributed by atoms with E-state index in [0.29, 0.717) is 0 Å². The van der Waals surface area contributed by atoms with Gasteiger partial charge < -0.3 is 0 Å². The van der Waals surface area contributed by atoms with E-state index in [0.717, 1.165) is 0 Å². The zero-order chi connectivity index (χ0) is 8.20. The molecule has 10 heavy (non-hydrogen) atoms. The Kier molecular flexibility index (Phi) is 4.34. The van der Waals surface area contributed by atoms with Gasteiger partial charge in [-0.1, -0.05) is 34.8 Å². The fourth-order valence-corrected chi connectivity index (χ4v) is 0.542. The van der Waals surface area contributed by atoms with Gasteiger partial charge in [-0.3, -0.25) is 0 Å². The normalized spacial score (nSPS) is 12.1. The Bertz CT molecular complexity index is 151. The lowest BCUT2D eigenvalue weighted by Gasteiger charge is -1.99. The lowest BCUT2D eigenvalue weighted by molar-refractivity contribution is -0.458. The smallest absolute Gasteiger partial charge is 0.209 e. The van der Waals surface area contributed by atoms with Crippen LogP contribution in [0.25, 0.3) is 0 Å². The number of nitrogens with zero attached hydrogens (tertiary/aromatic N) is 1. The van der Waals surface area contributed by atoms with E-state index in [9.17, 15) is 0 Å². The van der Waals surface area contributed by atoms with Crippen LogP contribution >= 0.6 is 34.8 Å². The molecule has 0 heterocycles. The summed E-state index contributed by atoms with van der Waals surface area (Å²) in [5.41, 5.74) is 0. The van der Waals surface area contributed by atoms with E-state index in [4.69, 9.17) is 34.8 Å². The summed E-state index contributed by atoms with van der Waals surface area (Å²) < 4.78 is 0.569. The molecule has 0 aromatic rings. The van der Waals surface area contributed by atoms with Gasteiger partial charge in [0.1, 0.15) is 14.1 Å². The Labute approximate surface area is 75.9 Å². The Balaban J connectivity index is 3.90. The second-order valence-corrected chi connectivity index (χ2v) is 4.38. The number of rotatable bonds is 1. The molecule has 0 bridgehead atoms. The second kappa shape index (κ2) is 4.22. The Morgan fingerprint density at radius 3 is 2.00 bits per heavy atom. The molecule has 0 atom stereocenters. The van der Waals surface area contributed by atoms with Gasteiger partial charge in [0.2, 0.25) is 3.79 Å². The molecule has 0 unspecified atom stereocenters. The molecule has 0 aromatic heterocycles. The summed E-state index contributed by atoms with van der Waals surface area (Å²) in [6.45, 7) is 0. The molecular formula is C6H9Cl3N+. The van der Waals surface area contributed by atoms with Gasteiger partial charge in [0.05, 0.1) is 0 Å². The number of hydrogen-bond donors (Lipinski definition) is 0. The van der Waals surface area contributed by atoms with Crippen molar-refractivity contribution in [3.05, 3.63) is 12.2 Å². The van der Waals surface area contributed by atoms with Crippen LogP contribution in [0.4, 0.5) is 0 Å². The maximum absolute atomic E-state index is 5.42. The number of allylic oxidation sites excluding steroid dienone is 2. The summed E-state index contributed by atoms with van der Waals surface area (Å²) in [5.74, 6) is 0. The average Bonchev–Trinajstić information content (AvgIpc) is 1.59. The van der Waals surface area contributed by atoms with Crippen molar-refractivity contribution in [2.24, 2.45) is 0 Å². The summed E-state index contributed by atoms with van der Waals surface area (Å²) in [6.07, 6.45) is 4.96. The van der Waals surface area contributed by atoms with Crippen molar-refractivity contribution in [2.45, 2.75) is 3.79 Å². The summed E-state index contributed by atoms with van der Waals surface area (Å²) in [6, 6.07) is 0. The van der Waals surface area contributed by atoms with Crippen LogP contribution in [0.15, 0.2) is 12.2 Å². The molecule has 0 saturated carbocycles. The SMILES string of the molecule is C[N+](C)=C/C=C/C(Cl)(Cl)Cl. The molecule has 1 nitrogen and oxygen atoms in total. The van der Waals surface area contributed by atoms with Crippen molar-refractivity contribution in [3.63, 3.8) is 0 Å². The van der Waals surface area contributed by atoms with Crippen LogP contribution in [0.5, 0.6) is 0 Å². The van der Waals surface area contributed by atoms with E-state index in [-0.39, 0.29) is 0 Å². The van der Waals surface area contributed by atoms with E-state index in [1.807, 2.05) is 18.7 Å². The Morgan fingerprint density at radius 2 is 1.70 bits per heavy atom. The summed E-state index contributed by atoms with van der Waals surface area (Å²) >= 11 is 16.3. The third-order valence-corrected chi connectivity index (χ3v) is 1.05. The van der Waals surface area contributed by atoms with E-state index in [1.165, 1.54) is 6.08 Å². The first-order valence-corrected chi connectivity index (χ1v) is 3.81. The molecule has 0 rings (SSSR count). The van der Waals surface area contributed by atoms with E-state index >= 15 is 0 Å². The van der Waals surface area contributed by atoms with Crippen LogP contribution in [-0.2, 0) is 0 Å². The molecule has 58 valence electrons. The molecule has 0 spiro atoms. The van der Waals surface area contributed by atoms with Gasteiger partial charge in [0.15, 0.2) is 6.21 Å². The van der Waals surface area contributed by atoms with Crippen LogP contribution in [0, 0.1) is 0 Å². The first kappa shape index (κ1) is 10.3. The van der Waals surface area contributed by atoms with E-state index < -0.39 is 3.79 Å². The number of hydrogen-bond acceptors (Lipinski definition) is 0. The average molecular weight is 202 g/mol. The number of alkyl halides is 3. The molecule has 0 saturated heterocycles. The monoisotopic (exact) mass is 200 g/mol. The summed E-state index contributed by atoms with van der Waals surface area (Å²) in [5, 5.41) is 0. The van der Waals surface area contributed by atoms with Gasteiger partial charge in [-0.15, -0.1) is 0 Å². The molecule has 0 amide bonds. The van der Waals surface area contributed by atoms with Gasteiger partial charge >= 0.3 is 0 Å². The zero-order valence-corrected chi connectivity index (χ0v) is 8.08. The largest absolute Gasteiger partial charge is 0.241 e. The van der Waals surface area contributed by atoms with E-state index in [2.05, 4.69) is 0 Å². The van der Waals surface area contributed by atoms with Gasteiger partial charge in [0.25, 0.3) is 0 Å². The van der Waals surface area contributed by atoms with Gasteiger partial charge in [0, 0.05) is 6.08 Å². The van der Waals surface area contributed by atoms with E-state index in [1.54, 1.807) is 12.3 Å². The molecule has 0 N–H and O–H groups in total. The van der Waals surface area contributed by atoms with Crippen molar-refractivity contribution >= 4 is 41.0 Å². The predicted molar refractivity (Wildman–Crippen MR) is 47.6 cm³/mol. The molecular weight excluding hydrogens is 192 g/mol. The lowest BCUT2D eigenvalue weighted by Crippen LogP contribution is -1.98. The molecule has 0 aromatic carbocycles. The van der Waals surface area contributed by atoms with Gasteiger partial charge in [-0.05, 0) is 6.08 Å². The van der Waals surface area contributed by atoms with Crippen molar-refractivity contribution in [1.29, 1.82) is 0 Å². The maximum Gasteiger partial charge on any atom is 0.209 e. The van der Waals surface area contributed by atoms with Crippen LogP contribution in [0.2, 0.25) is 0 Å². The Hall–Kier alpha value is 0.280. The Morgan fingerprint density at radius 1 is 1.20 bits per heavy atom. The van der Waals surface area contributed by atoms with Crippen LogP contribution < -0.4 is 0 Å². The fraction of sp³-hybridized carbons (Fsp3) is 0.500. The molecule has 4 heteroatoms. The highest BCUT2D eigenvalue weighted by atomic mass is 35.6. The third-order valence-electron chi connectivity index (χ3n) is 0.669. The zero-order valence-electron chi connectivity index (χ0n) is 5.81. The molecule has 0 radical (unpaired) electrons. The molecule has 0 fully saturated rings. The van der Waals surface area contributed by atoms with Crippen LogP contribution in [-0.4, -0.2) is 28.7 Å². The van der Waals surface area contributed by atoms with Crippen LogP contribution in [0.1, 0.15) is 0 Å². The summed E-state index contributed by atoms with van der Waals surface area (Å²) in [7, 11) is 3.78. The van der Waals surface area contributed by atoms with Crippen LogP contribution in [0.3, 0.4) is 0 Å². The minimum atomic E-state index is -1.29. The second-order valence-electron chi connectivity index (χ2n) is 2.01. The first-order chi connectivity index (χ1) is 4.42.